The Morgan fingerprint density at radius 2 is 2.29 bits per heavy atom. The number of carbonyl (C=O) groups is 1. The Bertz CT molecular complexity index is 421. The normalized spacial score (nSPS) is 9.50. The molecule has 0 radical (unpaired) electrons. The summed E-state index contributed by atoms with van der Waals surface area (Å²) in [6.07, 6.45) is -0.228. The smallest absolute Gasteiger partial charge is 0.307 e. The summed E-state index contributed by atoms with van der Waals surface area (Å²) in [5.74, 6) is -1.69. The van der Waals surface area contributed by atoms with Gasteiger partial charge in [-0.25, -0.2) is 4.39 Å². The highest BCUT2D eigenvalue weighted by Gasteiger charge is 2.09. The van der Waals surface area contributed by atoms with Gasteiger partial charge in [0, 0.05) is 0 Å². The molecule has 3 nitrogen and oxygen atoms in total. The number of hydrogen-bond acceptors (Lipinski definition) is 2. The molecule has 0 spiro atoms. The fraction of sp³-hybridized carbons (Fsp3) is 0.200. The number of aryl methyl sites for hydroxylation is 1. The lowest BCUT2D eigenvalue weighted by atomic mass is 10.0. The van der Waals surface area contributed by atoms with Crippen LogP contribution in [0.1, 0.15) is 16.7 Å². The molecule has 0 saturated carbocycles. The van der Waals surface area contributed by atoms with E-state index in [4.69, 9.17) is 10.4 Å². The Morgan fingerprint density at radius 1 is 1.64 bits per heavy atom. The predicted octanol–water partition coefficient (Wildman–Crippen LogP) is 1.63. The minimum absolute atomic E-state index is 0.0587. The van der Waals surface area contributed by atoms with Crippen LogP contribution >= 0.6 is 0 Å². The van der Waals surface area contributed by atoms with Crippen molar-refractivity contribution in [2.24, 2.45) is 0 Å². The zero-order valence-corrected chi connectivity index (χ0v) is 7.54. The second kappa shape index (κ2) is 3.88. The number of carboxylic acid groups (broad SMARTS) is 1. The van der Waals surface area contributed by atoms with Gasteiger partial charge in [-0.3, -0.25) is 4.79 Å². The minimum Gasteiger partial charge on any atom is -0.481 e. The minimum atomic E-state index is -1.02. The van der Waals surface area contributed by atoms with Crippen LogP contribution in [0.4, 0.5) is 4.39 Å². The highest BCUT2D eigenvalue weighted by Crippen LogP contribution is 2.15. The SMILES string of the molecule is Cc1cc(C#N)c(F)cc1CC(=O)O. The van der Waals surface area contributed by atoms with Crippen molar-refractivity contribution >= 4 is 5.97 Å². The lowest BCUT2D eigenvalue weighted by Crippen LogP contribution is -2.03. The lowest BCUT2D eigenvalue weighted by molar-refractivity contribution is -0.136. The van der Waals surface area contributed by atoms with E-state index >= 15 is 0 Å². The first-order chi connectivity index (χ1) is 6.54. The van der Waals surface area contributed by atoms with Crippen molar-refractivity contribution in [2.45, 2.75) is 13.3 Å². The van der Waals surface area contributed by atoms with Crippen LogP contribution in [-0.4, -0.2) is 11.1 Å². The van der Waals surface area contributed by atoms with E-state index in [1.54, 1.807) is 13.0 Å². The molecule has 1 rings (SSSR count). The molecule has 14 heavy (non-hydrogen) atoms. The average Bonchev–Trinajstić information content (AvgIpc) is 2.10. The summed E-state index contributed by atoms with van der Waals surface area (Å²) in [5, 5.41) is 17.0. The van der Waals surface area contributed by atoms with E-state index in [9.17, 15) is 9.18 Å². The van der Waals surface area contributed by atoms with Gasteiger partial charge in [-0.2, -0.15) is 5.26 Å². The van der Waals surface area contributed by atoms with Gasteiger partial charge >= 0.3 is 5.97 Å². The Hall–Kier alpha value is -1.89. The van der Waals surface area contributed by atoms with Gasteiger partial charge in [0.2, 0.25) is 0 Å². The standard InChI is InChI=1S/C10H8FNO2/c1-6-2-8(5-12)9(11)3-7(6)4-10(13)14/h2-3H,4H2,1H3,(H,13,14). The molecule has 0 saturated heterocycles. The third kappa shape index (κ3) is 2.07. The van der Waals surface area contributed by atoms with Gasteiger partial charge in [0.1, 0.15) is 11.9 Å². The van der Waals surface area contributed by atoms with Crippen LogP contribution in [0.15, 0.2) is 12.1 Å². The van der Waals surface area contributed by atoms with Crippen LogP contribution in [0.2, 0.25) is 0 Å². The molecule has 1 N–H and O–H groups in total. The fourth-order valence-corrected chi connectivity index (χ4v) is 1.16. The highest BCUT2D eigenvalue weighted by molar-refractivity contribution is 5.70. The molecule has 1 aromatic carbocycles. The third-order valence-corrected chi connectivity index (χ3v) is 1.89. The second-order valence-corrected chi connectivity index (χ2v) is 2.94. The molecule has 0 amide bonds. The van der Waals surface area contributed by atoms with Gasteiger partial charge in [-0.15, -0.1) is 0 Å². The van der Waals surface area contributed by atoms with Gasteiger partial charge in [0.25, 0.3) is 0 Å². The first-order valence-electron chi connectivity index (χ1n) is 3.95. The number of aliphatic carboxylic acids is 1. The molecule has 0 aromatic heterocycles. The van der Waals surface area contributed by atoms with E-state index in [1.165, 1.54) is 6.07 Å². The first-order valence-corrected chi connectivity index (χ1v) is 3.95. The molecule has 1 aromatic rings. The van der Waals surface area contributed by atoms with Gasteiger partial charge in [-0.1, -0.05) is 0 Å². The molecular weight excluding hydrogens is 185 g/mol. The summed E-state index contributed by atoms with van der Waals surface area (Å²) in [6.45, 7) is 1.65. The summed E-state index contributed by atoms with van der Waals surface area (Å²) in [5.41, 5.74) is 0.955. The number of benzene rings is 1. The maximum atomic E-state index is 13.1. The van der Waals surface area contributed by atoms with Crippen molar-refractivity contribution in [2.75, 3.05) is 0 Å². The van der Waals surface area contributed by atoms with Crippen molar-refractivity contribution < 1.29 is 14.3 Å². The average molecular weight is 193 g/mol. The summed E-state index contributed by atoms with van der Waals surface area (Å²) in [6, 6.07) is 4.15. The molecule has 0 fully saturated rings. The number of hydrogen-bond donors (Lipinski definition) is 1. The molecule has 0 aliphatic carbocycles. The van der Waals surface area contributed by atoms with E-state index in [1.807, 2.05) is 0 Å². The van der Waals surface area contributed by atoms with E-state index in [0.29, 0.717) is 11.1 Å². The van der Waals surface area contributed by atoms with E-state index in [-0.39, 0.29) is 12.0 Å². The summed E-state index contributed by atoms with van der Waals surface area (Å²) in [4.78, 5) is 10.4. The maximum Gasteiger partial charge on any atom is 0.307 e. The molecule has 0 atom stereocenters. The monoisotopic (exact) mass is 193 g/mol. The fourth-order valence-electron chi connectivity index (χ4n) is 1.16. The Balaban J connectivity index is 3.16. The molecule has 0 bridgehead atoms. The van der Waals surface area contributed by atoms with Crippen LogP contribution in [-0.2, 0) is 11.2 Å². The second-order valence-electron chi connectivity index (χ2n) is 2.94. The lowest BCUT2D eigenvalue weighted by Gasteiger charge is -2.03. The quantitative estimate of drug-likeness (QED) is 0.776. The Morgan fingerprint density at radius 3 is 2.79 bits per heavy atom. The largest absolute Gasteiger partial charge is 0.481 e. The van der Waals surface area contributed by atoms with Gasteiger partial charge in [-0.05, 0) is 30.2 Å². The van der Waals surface area contributed by atoms with Crippen molar-refractivity contribution in [3.05, 3.63) is 34.6 Å². The Labute approximate surface area is 80.4 Å². The van der Waals surface area contributed by atoms with Crippen molar-refractivity contribution in [3.63, 3.8) is 0 Å². The van der Waals surface area contributed by atoms with E-state index in [2.05, 4.69) is 0 Å². The topological polar surface area (TPSA) is 61.1 Å². The van der Waals surface area contributed by atoms with Crippen molar-refractivity contribution in [1.29, 1.82) is 5.26 Å². The van der Waals surface area contributed by atoms with E-state index < -0.39 is 11.8 Å². The maximum absolute atomic E-state index is 13.1. The van der Waals surface area contributed by atoms with Crippen LogP contribution in [0, 0.1) is 24.1 Å². The first kappa shape index (κ1) is 10.2. The summed E-state index contributed by atoms with van der Waals surface area (Å²) < 4.78 is 13.1. The Kier molecular flexibility index (Phi) is 2.82. The van der Waals surface area contributed by atoms with Gasteiger partial charge < -0.3 is 5.11 Å². The molecule has 0 unspecified atom stereocenters. The van der Waals surface area contributed by atoms with Gasteiger partial charge in [0.15, 0.2) is 0 Å². The summed E-state index contributed by atoms with van der Waals surface area (Å²) in [7, 11) is 0. The third-order valence-electron chi connectivity index (χ3n) is 1.89. The molecule has 72 valence electrons. The number of nitriles is 1. The van der Waals surface area contributed by atoms with Crippen LogP contribution < -0.4 is 0 Å². The number of rotatable bonds is 2. The van der Waals surface area contributed by atoms with Gasteiger partial charge in [0.05, 0.1) is 12.0 Å². The van der Waals surface area contributed by atoms with Crippen LogP contribution in [0.25, 0.3) is 0 Å². The molecule has 4 heteroatoms. The molecule has 0 heterocycles. The number of carboxylic acids is 1. The zero-order chi connectivity index (χ0) is 10.7. The van der Waals surface area contributed by atoms with Crippen LogP contribution in [0.5, 0.6) is 0 Å². The molecular formula is C10H8FNO2. The van der Waals surface area contributed by atoms with Crippen molar-refractivity contribution in [1.82, 2.24) is 0 Å². The zero-order valence-electron chi connectivity index (χ0n) is 7.54. The number of halogens is 1. The molecule has 0 aliphatic rings. The number of nitrogens with zero attached hydrogens (tertiary/aromatic N) is 1. The molecule has 0 aliphatic heterocycles. The predicted molar refractivity (Wildman–Crippen MR) is 47.2 cm³/mol. The van der Waals surface area contributed by atoms with E-state index in [0.717, 1.165) is 6.07 Å². The summed E-state index contributed by atoms with van der Waals surface area (Å²) >= 11 is 0. The highest BCUT2D eigenvalue weighted by atomic mass is 19.1. The van der Waals surface area contributed by atoms with Crippen molar-refractivity contribution in [3.8, 4) is 6.07 Å². The van der Waals surface area contributed by atoms with Crippen LogP contribution in [0.3, 0.4) is 0 Å².